The SMILES string of the molecule is CCCNc1ccncc1C(=O)NC1CCOC1. The van der Waals surface area contributed by atoms with Gasteiger partial charge in [0.2, 0.25) is 0 Å². The minimum Gasteiger partial charge on any atom is -0.384 e. The maximum absolute atomic E-state index is 12.1. The summed E-state index contributed by atoms with van der Waals surface area (Å²) in [7, 11) is 0. The van der Waals surface area contributed by atoms with E-state index >= 15 is 0 Å². The summed E-state index contributed by atoms with van der Waals surface area (Å²) >= 11 is 0. The highest BCUT2D eigenvalue weighted by Crippen LogP contribution is 2.14. The van der Waals surface area contributed by atoms with Crippen LogP contribution in [0.15, 0.2) is 18.5 Å². The Morgan fingerprint density at radius 1 is 1.61 bits per heavy atom. The summed E-state index contributed by atoms with van der Waals surface area (Å²) in [5.74, 6) is -0.0859. The molecule has 98 valence electrons. The van der Waals surface area contributed by atoms with E-state index < -0.39 is 0 Å². The zero-order valence-corrected chi connectivity index (χ0v) is 10.6. The maximum atomic E-state index is 12.1. The molecule has 0 saturated carbocycles. The zero-order chi connectivity index (χ0) is 12.8. The Hall–Kier alpha value is -1.62. The first-order valence-electron chi connectivity index (χ1n) is 6.37. The molecule has 2 heterocycles. The topological polar surface area (TPSA) is 63.2 Å². The lowest BCUT2D eigenvalue weighted by molar-refractivity contribution is 0.0930. The van der Waals surface area contributed by atoms with Crippen molar-refractivity contribution < 1.29 is 9.53 Å². The van der Waals surface area contributed by atoms with Crippen LogP contribution in [0.1, 0.15) is 30.1 Å². The molecule has 2 rings (SSSR count). The van der Waals surface area contributed by atoms with Crippen molar-refractivity contribution in [2.45, 2.75) is 25.8 Å². The highest BCUT2D eigenvalue weighted by Gasteiger charge is 2.20. The zero-order valence-electron chi connectivity index (χ0n) is 10.6. The molecule has 1 aromatic rings. The molecule has 1 atom stereocenters. The molecule has 0 spiro atoms. The van der Waals surface area contributed by atoms with Crippen molar-refractivity contribution >= 4 is 11.6 Å². The van der Waals surface area contributed by atoms with E-state index in [0.717, 1.165) is 31.7 Å². The third-order valence-corrected chi connectivity index (χ3v) is 2.90. The summed E-state index contributed by atoms with van der Waals surface area (Å²) in [4.78, 5) is 16.2. The van der Waals surface area contributed by atoms with Crippen molar-refractivity contribution in [3.05, 3.63) is 24.0 Å². The van der Waals surface area contributed by atoms with Crippen molar-refractivity contribution in [3.63, 3.8) is 0 Å². The summed E-state index contributed by atoms with van der Waals surface area (Å²) in [5, 5.41) is 6.20. The monoisotopic (exact) mass is 249 g/mol. The smallest absolute Gasteiger partial charge is 0.255 e. The van der Waals surface area contributed by atoms with Crippen molar-refractivity contribution in [2.24, 2.45) is 0 Å². The van der Waals surface area contributed by atoms with Gasteiger partial charge in [-0.2, -0.15) is 0 Å². The van der Waals surface area contributed by atoms with Gasteiger partial charge in [0, 0.05) is 25.5 Å². The predicted molar refractivity (Wildman–Crippen MR) is 69.7 cm³/mol. The van der Waals surface area contributed by atoms with Crippen LogP contribution in [0.25, 0.3) is 0 Å². The average molecular weight is 249 g/mol. The van der Waals surface area contributed by atoms with Crippen LogP contribution >= 0.6 is 0 Å². The van der Waals surface area contributed by atoms with Gasteiger partial charge < -0.3 is 15.4 Å². The molecular formula is C13H19N3O2. The molecule has 1 aliphatic heterocycles. The Morgan fingerprint density at radius 3 is 3.22 bits per heavy atom. The molecule has 5 nitrogen and oxygen atoms in total. The van der Waals surface area contributed by atoms with E-state index in [1.54, 1.807) is 12.4 Å². The number of amides is 1. The van der Waals surface area contributed by atoms with Gasteiger partial charge in [-0.05, 0) is 18.9 Å². The van der Waals surface area contributed by atoms with Crippen molar-refractivity contribution in [1.82, 2.24) is 10.3 Å². The molecule has 1 aliphatic rings. The number of nitrogens with one attached hydrogen (secondary N) is 2. The van der Waals surface area contributed by atoms with Crippen LogP contribution in [-0.2, 0) is 4.74 Å². The minimum atomic E-state index is -0.0859. The van der Waals surface area contributed by atoms with Gasteiger partial charge in [0.15, 0.2) is 0 Å². The van der Waals surface area contributed by atoms with Gasteiger partial charge in [-0.15, -0.1) is 0 Å². The lowest BCUT2D eigenvalue weighted by Gasteiger charge is -2.13. The molecular weight excluding hydrogens is 230 g/mol. The Labute approximate surface area is 107 Å². The van der Waals surface area contributed by atoms with Crippen LogP contribution < -0.4 is 10.6 Å². The second-order valence-electron chi connectivity index (χ2n) is 4.38. The fourth-order valence-electron chi connectivity index (χ4n) is 1.90. The lowest BCUT2D eigenvalue weighted by atomic mass is 10.2. The standard InChI is InChI=1S/C13H19N3O2/c1-2-5-15-12-3-6-14-8-11(12)13(17)16-10-4-7-18-9-10/h3,6,8,10H,2,4-5,7,9H2,1H3,(H,14,15)(H,16,17). The maximum Gasteiger partial charge on any atom is 0.255 e. The number of hydrogen-bond donors (Lipinski definition) is 2. The number of hydrogen-bond acceptors (Lipinski definition) is 4. The van der Waals surface area contributed by atoms with Crippen LogP contribution in [0.2, 0.25) is 0 Å². The van der Waals surface area contributed by atoms with E-state index in [2.05, 4.69) is 22.5 Å². The van der Waals surface area contributed by atoms with Crippen LogP contribution in [-0.4, -0.2) is 36.7 Å². The summed E-state index contributed by atoms with van der Waals surface area (Å²) in [6.07, 6.45) is 5.18. The van der Waals surface area contributed by atoms with E-state index in [0.29, 0.717) is 12.2 Å². The normalized spacial score (nSPS) is 18.6. The van der Waals surface area contributed by atoms with Crippen LogP contribution in [0, 0.1) is 0 Å². The number of carbonyl (C=O) groups excluding carboxylic acids is 1. The van der Waals surface area contributed by atoms with Crippen molar-refractivity contribution in [2.75, 3.05) is 25.1 Å². The highest BCUT2D eigenvalue weighted by molar-refractivity contribution is 5.99. The number of carbonyl (C=O) groups is 1. The minimum absolute atomic E-state index is 0.0859. The van der Waals surface area contributed by atoms with Gasteiger partial charge in [0.05, 0.1) is 23.9 Å². The molecule has 1 amide bonds. The van der Waals surface area contributed by atoms with Gasteiger partial charge in [-0.1, -0.05) is 6.92 Å². The molecule has 1 fully saturated rings. The largest absolute Gasteiger partial charge is 0.384 e. The first kappa shape index (κ1) is 12.8. The highest BCUT2D eigenvalue weighted by atomic mass is 16.5. The van der Waals surface area contributed by atoms with Gasteiger partial charge in [0.1, 0.15) is 0 Å². The first-order valence-corrected chi connectivity index (χ1v) is 6.37. The second kappa shape index (κ2) is 6.35. The van der Waals surface area contributed by atoms with Crippen molar-refractivity contribution in [1.29, 1.82) is 0 Å². The number of rotatable bonds is 5. The molecule has 0 aliphatic carbocycles. The molecule has 18 heavy (non-hydrogen) atoms. The van der Waals surface area contributed by atoms with E-state index in [1.165, 1.54) is 0 Å². The molecule has 0 aromatic carbocycles. The average Bonchev–Trinajstić information content (AvgIpc) is 2.89. The van der Waals surface area contributed by atoms with Gasteiger partial charge in [-0.25, -0.2) is 0 Å². The van der Waals surface area contributed by atoms with E-state index in [9.17, 15) is 4.79 Å². The third-order valence-electron chi connectivity index (χ3n) is 2.90. The Balaban J connectivity index is 2.03. The number of pyridine rings is 1. The molecule has 0 radical (unpaired) electrons. The Bertz CT molecular complexity index is 403. The molecule has 5 heteroatoms. The van der Waals surface area contributed by atoms with Crippen LogP contribution in [0.5, 0.6) is 0 Å². The van der Waals surface area contributed by atoms with Gasteiger partial charge in [-0.3, -0.25) is 9.78 Å². The molecule has 0 bridgehead atoms. The number of nitrogens with zero attached hydrogens (tertiary/aromatic N) is 1. The van der Waals surface area contributed by atoms with Crippen LogP contribution in [0.3, 0.4) is 0 Å². The molecule has 1 saturated heterocycles. The Kier molecular flexibility index (Phi) is 4.52. The number of anilines is 1. The summed E-state index contributed by atoms with van der Waals surface area (Å²) in [6, 6.07) is 1.95. The molecule has 1 unspecified atom stereocenters. The lowest BCUT2D eigenvalue weighted by Crippen LogP contribution is -2.35. The van der Waals surface area contributed by atoms with Gasteiger partial charge >= 0.3 is 0 Å². The van der Waals surface area contributed by atoms with E-state index in [4.69, 9.17) is 4.74 Å². The molecule has 1 aromatic heterocycles. The van der Waals surface area contributed by atoms with Crippen molar-refractivity contribution in [3.8, 4) is 0 Å². The Morgan fingerprint density at radius 2 is 2.50 bits per heavy atom. The number of aromatic nitrogens is 1. The fraction of sp³-hybridized carbons (Fsp3) is 0.538. The van der Waals surface area contributed by atoms with Crippen LogP contribution in [0.4, 0.5) is 5.69 Å². The first-order chi connectivity index (χ1) is 8.81. The summed E-state index contributed by atoms with van der Waals surface area (Å²) in [5.41, 5.74) is 1.43. The molecule has 2 N–H and O–H groups in total. The quantitative estimate of drug-likeness (QED) is 0.828. The fourth-order valence-corrected chi connectivity index (χ4v) is 1.90. The second-order valence-corrected chi connectivity index (χ2v) is 4.38. The predicted octanol–water partition coefficient (Wildman–Crippen LogP) is 1.42. The number of ether oxygens (including phenoxy) is 1. The summed E-state index contributed by atoms with van der Waals surface area (Å²) < 4.78 is 5.24. The van der Waals surface area contributed by atoms with Gasteiger partial charge in [0.25, 0.3) is 5.91 Å². The van der Waals surface area contributed by atoms with E-state index in [1.807, 2.05) is 6.07 Å². The third kappa shape index (κ3) is 3.20. The van der Waals surface area contributed by atoms with E-state index in [-0.39, 0.29) is 11.9 Å². The summed E-state index contributed by atoms with van der Waals surface area (Å²) in [6.45, 7) is 4.25.